The summed E-state index contributed by atoms with van der Waals surface area (Å²) in [7, 11) is -4.94. The van der Waals surface area contributed by atoms with Crippen LogP contribution >= 0.6 is 0 Å². The SMILES string of the molecule is [Ba].[NH4+].[O-][Cl+3]([O-])([O-])[O-]. The third kappa shape index (κ3) is 89.0. The van der Waals surface area contributed by atoms with Crippen molar-refractivity contribution in [2.24, 2.45) is 0 Å². The van der Waals surface area contributed by atoms with Gasteiger partial charge in [-0.25, -0.2) is 18.6 Å². The molecule has 0 atom stereocenters. The first-order valence-corrected chi connectivity index (χ1v) is 1.85. The summed E-state index contributed by atoms with van der Waals surface area (Å²) in [6.45, 7) is 0. The molecular weight excluding hydrogens is 251 g/mol. The molecule has 0 aliphatic carbocycles. The summed E-state index contributed by atoms with van der Waals surface area (Å²) >= 11 is 0. The molecule has 5 nitrogen and oxygen atoms in total. The van der Waals surface area contributed by atoms with Crippen LogP contribution in [-0.2, 0) is 0 Å². The van der Waals surface area contributed by atoms with Gasteiger partial charge in [-0.3, -0.25) is 0 Å². The van der Waals surface area contributed by atoms with Crippen LogP contribution in [0, 0.1) is 10.2 Å². The van der Waals surface area contributed by atoms with E-state index in [1.54, 1.807) is 0 Å². The van der Waals surface area contributed by atoms with Crippen molar-refractivity contribution in [1.82, 2.24) is 6.15 Å². The summed E-state index contributed by atoms with van der Waals surface area (Å²) in [5.41, 5.74) is 0. The minimum atomic E-state index is -4.94. The predicted molar refractivity (Wildman–Crippen MR) is 11.7 cm³/mol. The summed E-state index contributed by atoms with van der Waals surface area (Å²) in [5, 5.41) is 0. The van der Waals surface area contributed by atoms with Gasteiger partial charge < -0.3 is 6.15 Å². The Bertz CT molecular complexity index is 27.2. The normalized spacial score (nSPS) is 8.57. The van der Waals surface area contributed by atoms with Crippen molar-refractivity contribution in [2.45, 2.75) is 0 Å². The molecule has 7 heavy (non-hydrogen) atoms. The Morgan fingerprint density at radius 1 is 0.857 bits per heavy atom. The van der Waals surface area contributed by atoms with Gasteiger partial charge in [0.05, 0.1) is 0 Å². The average molecular weight is 255 g/mol. The number of halogens is 1. The first-order valence-electron chi connectivity index (χ1n) is 0.617. The Labute approximate surface area is 82.7 Å². The molecule has 0 aliphatic heterocycles. The first-order chi connectivity index (χ1) is 2.00. The van der Waals surface area contributed by atoms with E-state index in [0.29, 0.717) is 0 Å². The van der Waals surface area contributed by atoms with Gasteiger partial charge in [-0.2, -0.15) is 0 Å². The Balaban J connectivity index is -0.0000000800. The van der Waals surface area contributed by atoms with Crippen molar-refractivity contribution in [3.63, 3.8) is 0 Å². The van der Waals surface area contributed by atoms with Crippen LogP contribution in [0.5, 0.6) is 0 Å². The van der Waals surface area contributed by atoms with Crippen molar-refractivity contribution >= 4 is 48.9 Å². The molecule has 0 bridgehead atoms. The third-order valence-electron chi connectivity index (χ3n) is 0. The Kier molecular flexibility index (Phi) is 13.1. The van der Waals surface area contributed by atoms with Gasteiger partial charge in [0.15, 0.2) is 0 Å². The van der Waals surface area contributed by atoms with E-state index in [1.807, 2.05) is 0 Å². The standard InChI is InChI=1S/Ba.ClHO4.H3N/c;2-1(3,4)5;/h;(H,2,3,4,5);1H3. The van der Waals surface area contributed by atoms with Crippen LogP contribution in [0.1, 0.15) is 0 Å². The van der Waals surface area contributed by atoms with Gasteiger partial charge in [-0.15, -0.1) is 10.2 Å². The molecule has 0 fully saturated rings. The van der Waals surface area contributed by atoms with E-state index in [1.165, 1.54) is 0 Å². The van der Waals surface area contributed by atoms with Gasteiger partial charge in [0.1, 0.15) is 0 Å². The quantitative estimate of drug-likeness (QED) is 0.435. The Hall–Kier alpha value is 1.66. The van der Waals surface area contributed by atoms with Crippen LogP contribution in [-0.4, -0.2) is 48.9 Å². The van der Waals surface area contributed by atoms with E-state index in [2.05, 4.69) is 0 Å². The summed E-state index contributed by atoms with van der Waals surface area (Å²) in [6, 6.07) is 0. The fourth-order valence-corrected chi connectivity index (χ4v) is 0. The van der Waals surface area contributed by atoms with Crippen LogP contribution in [0.15, 0.2) is 0 Å². The zero-order valence-corrected chi connectivity index (χ0v) is 8.91. The van der Waals surface area contributed by atoms with Crippen LogP contribution in [0.4, 0.5) is 0 Å². The molecular formula is H4BaClNO4. The van der Waals surface area contributed by atoms with E-state index in [0.717, 1.165) is 0 Å². The minimum absolute atomic E-state index is 0. The Morgan fingerprint density at radius 3 is 0.857 bits per heavy atom. The number of rotatable bonds is 0. The third-order valence-corrected chi connectivity index (χ3v) is 0. The zero-order chi connectivity index (χ0) is 4.50. The maximum absolute atomic E-state index is 8.49. The van der Waals surface area contributed by atoms with Crippen LogP contribution < -0.4 is 24.8 Å². The van der Waals surface area contributed by atoms with Crippen LogP contribution in [0.3, 0.4) is 0 Å². The van der Waals surface area contributed by atoms with Crippen molar-refractivity contribution in [3.05, 3.63) is 0 Å². The molecule has 0 aromatic rings. The molecule has 0 amide bonds. The molecule has 0 saturated carbocycles. The van der Waals surface area contributed by atoms with Crippen LogP contribution in [0.2, 0.25) is 0 Å². The first kappa shape index (κ1) is 15.9. The number of hydrogen-bond acceptors (Lipinski definition) is 4. The minimum Gasteiger partial charge on any atom is -0.369 e. The smallest absolute Gasteiger partial charge is 0 e. The molecule has 0 spiro atoms. The molecule has 0 aliphatic rings. The summed E-state index contributed by atoms with van der Waals surface area (Å²) in [5.74, 6) is 0. The van der Waals surface area contributed by atoms with E-state index >= 15 is 0 Å². The maximum Gasteiger partial charge on any atom is 0 e. The van der Waals surface area contributed by atoms with Gasteiger partial charge in [-0.05, 0) is 0 Å². The van der Waals surface area contributed by atoms with Crippen molar-refractivity contribution in [1.29, 1.82) is 0 Å². The van der Waals surface area contributed by atoms with E-state index in [9.17, 15) is 0 Å². The largest absolute Gasteiger partial charge is 0.369 e. The summed E-state index contributed by atoms with van der Waals surface area (Å²) in [6.07, 6.45) is 0. The average Bonchev–Trinajstić information content (AvgIpc) is 0.722. The summed E-state index contributed by atoms with van der Waals surface area (Å²) < 4.78 is 34.0. The second-order valence-corrected chi connectivity index (χ2v) is 1.13. The van der Waals surface area contributed by atoms with Gasteiger partial charge >= 0.3 is 0 Å². The van der Waals surface area contributed by atoms with Crippen LogP contribution in [0.25, 0.3) is 0 Å². The fraction of sp³-hybridized carbons (Fsp3) is 0. The fourth-order valence-electron chi connectivity index (χ4n) is 0. The second-order valence-electron chi connectivity index (χ2n) is 0.378. The topological polar surface area (TPSA) is 129 Å². The van der Waals surface area contributed by atoms with E-state index in [4.69, 9.17) is 18.6 Å². The van der Waals surface area contributed by atoms with Gasteiger partial charge in [0.2, 0.25) is 0 Å². The van der Waals surface area contributed by atoms with Crippen molar-refractivity contribution < 1.29 is 28.9 Å². The molecule has 0 aromatic carbocycles. The van der Waals surface area contributed by atoms with Gasteiger partial charge in [0, 0.05) is 48.9 Å². The maximum atomic E-state index is 8.49. The summed E-state index contributed by atoms with van der Waals surface area (Å²) in [4.78, 5) is 0. The van der Waals surface area contributed by atoms with Gasteiger partial charge in [0.25, 0.3) is 0 Å². The number of quaternary nitrogens is 1. The second kappa shape index (κ2) is 5.79. The van der Waals surface area contributed by atoms with E-state index in [-0.39, 0.29) is 55.0 Å². The zero-order valence-electron chi connectivity index (χ0n) is 3.72. The molecule has 7 heteroatoms. The molecule has 2 radical (unpaired) electrons. The van der Waals surface area contributed by atoms with Gasteiger partial charge in [-0.1, -0.05) is 0 Å². The Morgan fingerprint density at radius 2 is 0.857 bits per heavy atom. The molecule has 42 valence electrons. The monoisotopic (exact) mass is 255 g/mol. The van der Waals surface area contributed by atoms with E-state index < -0.39 is 10.2 Å². The molecule has 0 heterocycles. The molecule has 4 N–H and O–H groups in total. The van der Waals surface area contributed by atoms with Crippen molar-refractivity contribution in [2.75, 3.05) is 0 Å². The molecule has 0 saturated heterocycles. The molecule has 0 aromatic heterocycles. The van der Waals surface area contributed by atoms with Crippen molar-refractivity contribution in [3.8, 4) is 0 Å². The number of hydrogen-bond donors (Lipinski definition) is 1. The predicted octanol–water partition coefficient (Wildman–Crippen LogP) is -4.76. The molecule has 0 unspecified atom stereocenters. The molecule has 0 rings (SSSR count).